The fourth-order valence-corrected chi connectivity index (χ4v) is 1.07. The van der Waals surface area contributed by atoms with Crippen LogP contribution in [-0.4, -0.2) is 49.3 Å². The van der Waals surface area contributed by atoms with Gasteiger partial charge >= 0.3 is 5.97 Å². The van der Waals surface area contributed by atoms with Crippen LogP contribution in [0.5, 0.6) is 0 Å². The lowest BCUT2D eigenvalue weighted by atomic mass is 10.4. The summed E-state index contributed by atoms with van der Waals surface area (Å²) < 4.78 is 0. The van der Waals surface area contributed by atoms with E-state index in [4.69, 9.17) is 11.5 Å². The first-order valence-electron chi connectivity index (χ1n) is 4.22. The summed E-state index contributed by atoms with van der Waals surface area (Å²) in [5, 5.41) is 19.9. The van der Waals surface area contributed by atoms with Gasteiger partial charge in [-0.2, -0.15) is 4.80 Å². The van der Waals surface area contributed by atoms with Gasteiger partial charge in [-0.3, -0.25) is 9.69 Å². The number of carboxylic acids is 1. The molecule has 0 amide bonds. The zero-order chi connectivity index (χ0) is 11.3. The van der Waals surface area contributed by atoms with E-state index in [0.29, 0.717) is 5.82 Å². The number of carboxylic acid groups (broad SMARTS) is 1. The van der Waals surface area contributed by atoms with Crippen molar-refractivity contribution in [2.24, 2.45) is 7.05 Å². The molecule has 0 radical (unpaired) electrons. The lowest BCUT2D eigenvalue weighted by Crippen LogP contribution is -2.30. The van der Waals surface area contributed by atoms with Crippen LogP contribution in [0.3, 0.4) is 0 Å². The van der Waals surface area contributed by atoms with Gasteiger partial charge in [0.05, 0.1) is 26.7 Å². The van der Waals surface area contributed by atoms with Crippen LogP contribution in [0.2, 0.25) is 0 Å². The van der Waals surface area contributed by atoms with Crippen molar-refractivity contribution in [3.05, 3.63) is 5.82 Å². The van der Waals surface area contributed by atoms with Crippen LogP contribution in [0.25, 0.3) is 0 Å². The molecule has 0 unspecified atom stereocenters. The summed E-state index contributed by atoms with van der Waals surface area (Å²) in [5.74, 6) is 1.90. The van der Waals surface area contributed by atoms with Crippen LogP contribution >= 0.6 is 0 Å². The van der Waals surface area contributed by atoms with E-state index in [1.807, 2.05) is 0 Å². The zero-order valence-electron chi connectivity index (χ0n) is 8.29. The Morgan fingerprint density at radius 3 is 2.93 bits per heavy atom. The van der Waals surface area contributed by atoms with Crippen molar-refractivity contribution in [2.45, 2.75) is 6.54 Å². The minimum absolute atomic E-state index is 0.136. The maximum absolute atomic E-state index is 10.5. The van der Waals surface area contributed by atoms with E-state index in [2.05, 4.69) is 21.3 Å². The van der Waals surface area contributed by atoms with E-state index < -0.39 is 5.97 Å². The van der Waals surface area contributed by atoms with Crippen LogP contribution in [0.15, 0.2) is 0 Å². The molecule has 0 atom stereocenters. The Morgan fingerprint density at radius 1 is 1.73 bits per heavy atom. The fraction of sp³-hybridized carbons (Fsp3) is 0.500. The van der Waals surface area contributed by atoms with E-state index in [0.717, 1.165) is 0 Å². The monoisotopic (exact) mass is 209 g/mol. The number of hydrogen-bond acceptors (Lipinski definition) is 5. The highest BCUT2D eigenvalue weighted by molar-refractivity contribution is 5.69. The summed E-state index contributed by atoms with van der Waals surface area (Å²) in [5.41, 5.74) is 0. The predicted octanol–water partition coefficient (Wildman–Crippen LogP) is -1.27. The number of terminal acetylenes is 1. The molecule has 0 bridgehead atoms. The Labute approximate surface area is 86.7 Å². The number of hydrogen-bond donors (Lipinski definition) is 1. The number of carbonyl (C=O) groups is 1. The van der Waals surface area contributed by atoms with Gasteiger partial charge in [0.1, 0.15) is 0 Å². The molecule has 7 nitrogen and oxygen atoms in total. The standard InChI is InChI=1S/C8H11N5O2/c1-3-4-13(6-8(14)15)5-7-9-11-12(2)10-7/h1H,4-6H2,2H3,(H,14,15). The summed E-state index contributed by atoms with van der Waals surface area (Å²) in [7, 11) is 1.64. The van der Waals surface area contributed by atoms with E-state index >= 15 is 0 Å². The smallest absolute Gasteiger partial charge is 0.317 e. The minimum Gasteiger partial charge on any atom is -0.480 e. The second kappa shape index (κ2) is 5.07. The van der Waals surface area contributed by atoms with Gasteiger partial charge in [-0.15, -0.1) is 16.6 Å². The molecule has 1 rings (SSSR count). The quantitative estimate of drug-likeness (QED) is 0.609. The normalized spacial score (nSPS) is 10.2. The molecule has 0 aliphatic carbocycles. The third kappa shape index (κ3) is 3.74. The van der Waals surface area contributed by atoms with Crippen molar-refractivity contribution in [3.63, 3.8) is 0 Å². The lowest BCUT2D eigenvalue weighted by molar-refractivity contribution is -0.138. The molecule has 0 saturated heterocycles. The summed E-state index contributed by atoms with van der Waals surface area (Å²) in [6.07, 6.45) is 5.12. The van der Waals surface area contributed by atoms with Crippen molar-refractivity contribution < 1.29 is 9.90 Å². The first-order valence-corrected chi connectivity index (χ1v) is 4.22. The summed E-state index contributed by atoms with van der Waals surface area (Å²) >= 11 is 0. The molecule has 0 aliphatic rings. The highest BCUT2D eigenvalue weighted by Crippen LogP contribution is 1.96. The Balaban J connectivity index is 2.58. The van der Waals surface area contributed by atoms with Crippen molar-refractivity contribution in [2.75, 3.05) is 13.1 Å². The van der Waals surface area contributed by atoms with Crippen LogP contribution in [0.1, 0.15) is 5.82 Å². The van der Waals surface area contributed by atoms with Gasteiger partial charge < -0.3 is 5.11 Å². The molecule has 1 aromatic rings. The van der Waals surface area contributed by atoms with Crippen molar-refractivity contribution in [1.29, 1.82) is 0 Å². The summed E-state index contributed by atoms with van der Waals surface area (Å²) in [6, 6.07) is 0. The molecular weight excluding hydrogens is 198 g/mol. The highest BCUT2D eigenvalue weighted by Gasteiger charge is 2.11. The van der Waals surface area contributed by atoms with Gasteiger partial charge in [0.25, 0.3) is 0 Å². The molecule has 1 heterocycles. The molecule has 1 aromatic heterocycles. The number of rotatable bonds is 5. The average molecular weight is 209 g/mol. The van der Waals surface area contributed by atoms with E-state index in [1.54, 1.807) is 11.9 Å². The van der Waals surface area contributed by atoms with Crippen LogP contribution in [0.4, 0.5) is 0 Å². The van der Waals surface area contributed by atoms with Gasteiger partial charge in [0.2, 0.25) is 0 Å². The minimum atomic E-state index is -0.936. The molecule has 80 valence electrons. The zero-order valence-corrected chi connectivity index (χ0v) is 8.29. The fourth-order valence-electron chi connectivity index (χ4n) is 1.07. The maximum Gasteiger partial charge on any atom is 0.317 e. The van der Waals surface area contributed by atoms with E-state index in [-0.39, 0.29) is 19.6 Å². The third-order valence-electron chi connectivity index (χ3n) is 1.59. The summed E-state index contributed by atoms with van der Waals surface area (Å²) in [6.45, 7) is 0.386. The molecule has 0 saturated carbocycles. The van der Waals surface area contributed by atoms with Gasteiger partial charge in [0.15, 0.2) is 5.82 Å². The van der Waals surface area contributed by atoms with Crippen LogP contribution < -0.4 is 0 Å². The molecule has 0 aliphatic heterocycles. The lowest BCUT2D eigenvalue weighted by Gasteiger charge is -2.14. The number of aliphatic carboxylic acids is 1. The second-order valence-electron chi connectivity index (χ2n) is 2.94. The van der Waals surface area contributed by atoms with Gasteiger partial charge in [-0.05, 0) is 5.21 Å². The maximum atomic E-state index is 10.5. The Morgan fingerprint density at radius 2 is 2.47 bits per heavy atom. The van der Waals surface area contributed by atoms with Crippen LogP contribution in [-0.2, 0) is 18.4 Å². The topological polar surface area (TPSA) is 84.1 Å². The number of aromatic nitrogens is 4. The Kier molecular flexibility index (Phi) is 3.76. The SMILES string of the molecule is C#CCN(CC(=O)O)Cc1nnn(C)n1. The van der Waals surface area contributed by atoms with Crippen molar-refractivity contribution >= 4 is 5.97 Å². The largest absolute Gasteiger partial charge is 0.480 e. The number of tetrazole rings is 1. The molecule has 0 aromatic carbocycles. The molecule has 1 N–H and O–H groups in total. The first kappa shape index (κ1) is 11.1. The Bertz CT molecular complexity index is 381. The molecular formula is C8H11N5O2. The van der Waals surface area contributed by atoms with E-state index in [1.165, 1.54) is 4.80 Å². The molecule has 15 heavy (non-hydrogen) atoms. The second-order valence-corrected chi connectivity index (χ2v) is 2.94. The molecule has 0 spiro atoms. The first-order chi connectivity index (χ1) is 7.11. The Hall–Kier alpha value is -1.94. The van der Waals surface area contributed by atoms with Gasteiger partial charge in [-0.1, -0.05) is 5.92 Å². The van der Waals surface area contributed by atoms with E-state index in [9.17, 15) is 4.79 Å². The van der Waals surface area contributed by atoms with Crippen molar-refractivity contribution in [3.8, 4) is 12.3 Å². The van der Waals surface area contributed by atoms with Crippen LogP contribution in [0, 0.1) is 12.3 Å². The average Bonchev–Trinajstić information content (AvgIpc) is 2.50. The third-order valence-corrected chi connectivity index (χ3v) is 1.59. The number of aryl methyl sites for hydroxylation is 1. The number of nitrogens with zero attached hydrogens (tertiary/aromatic N) is 5. The van der Waals surface area contributed by atoms with Gasteiger partial charge in [-0.25, -0.2) is 0 Å². The van der Waals surface area contributed by atoms with Gasteiger partial charge in [0, 0.05) is 0 Å². The molecule has 7 heteroatoms. The predicted molar refractivity (Wildman–Crippen MR) is 50.5 cm³/mol. The molecule has 0 fully saturated rings. The van der Waals surface area contributed by atoms with Crippen molar-refractivity contribution in [1.82, 2.24) is 25.1 Å². The summed E-state index contributed by atoms with van der Waals surface area (Å²) in [4.78, 5) is 13.4. The highest BCUT2D eigenvalue weighted by atomic mass is 16.4.